The van der Waals surface area contributed by atoms with Crippen LogP contribution in [-0.2, 0) is 20.7 Å². The molecule has 0 aromatic heterocycles. The van der Waals surface area contributed by atoms with E-state index in [1.165, 1.54) is 33.5 Å². The average molecular weight is 580 g/mol. The van der Waals surface area contributed by atoms with Crippen LogP contribution >= 0.6 is 0 Å². The van der Waals surface area contributed by atoms with Crippen LogP contribution in [0, 0.1) is 19.8 Å². The molecular weight excluding hydrogens is 538 g/mol. The topological polar surface area (TPSA) is 46.6 Å². The highest BCUT2D eigenvalue weighted by Gasteiger charge is 2.32. The maximum atomic E-state index is 12.5. The van der Waals surface area contributed by atoms with Crippen molar-refractivity contribution in [1.29, 1.82) is 0 Å². The largest absolute Gasteiger partial charge is 0.372 e. The zero-order valence-electron chi connectivity index (χ0n) is 24.7. The molecule has 0 saturated carbocycles. The van der Waals surface area contributed by atoms with Crippen LogP contribution in [0.2, 0.25) is 0 Å². The number of fused-ring (bicyclic) bond motifs is 1. The number of piperidine rings is 1. The summed E-state index contributed by atoms with van der Waals surface area (Å²) in [6.45, 7) is 6.33. The molecule has 4 nitrogen and oxygen atoms in total. The van der Waals surface area contributed by atoms with Crippen molar-refractivity contribution in [2.24, 2.45) is 5.92 Å². The lowest BCUT2D eigenvalue weighted by molar-refractivity contribution is 0.262. The molecule has 6 rings (SSSR count). The van der Waals surface area contributed by atoms with Crippen molar-refractivity contribution in [2.45, 2.75) is 62.7 Å². The van der Waals surface area contributed by atoms with Gasteiger partial charge in [0.1, 0.15) is 0 Å². The second-order valence-corrected chi connectivity index (χ2v) is 13.8. The lowest BCUT2D eigenvalue weighted by atomic mass is 9.69. The van der Waals surface area contributed by atoms with Crippen molar-refractivity contribution in [3.63, 3.8) is 0 Å². The third-order valence-corrected chi connectivity index (χ3v) is 10.6. The van der Waals surface area contributed by atoms with Gasteiger partial charge in [-0.05, 0) is 104 Å². The Hall–Kier alpha value is -3.41. The maximum absolute atomic E-state index is 12.5. The summed E-state index contributed by atoms with van der Waals surface area (Å²) in [7, 11) is -3.70. The Morgan fingerprint density at radius 3 is 2.17 bits per heavy atom. The number of anilines is 1. The van der Waals surface area contributed by atoms with Gasteiger partial charge in [-0.3, -0.25) is 4.18 Å². The second kappa shape index (κ2) is 12.4. The second-order valence-electron chi connectivity index (χ2n) is 12.1. The molecule has 1 aliphatic carbocycles. The summed E-state index contributed by atoms with van der Waals surface area (Å²) < 4.78 is 30.4. The van der Waals surface area contributed by atoms with E-state index in [4.69, 9.17) is 4.18 Å². The van der Waals surface area contributed by atoms with E-state index in [2.05, 4.69) is 84.6 Å². The van der Waals surface area contributed by atoms with Gasteiger partial charge in [0.15, 0.2) is 0 Å². The van der Waals surface area contributed by atoms with Gasteiger partial charge in [-0.2, -0.15) is 8.42 Å². The minimum atomic E-state index is -3.70. The molecule has 218 valence electrons. The fraction of sp³-hybridized carbons (Fsp3) is 0.351. The van der Waals surface area contributed by atoms with E-state index in [0.29, 0.717) is 17.8 Å². The molecule has 0 bridgehead atoms. The van der Waals surface area contributed by atoms with Gasteiger partial charge in [0, 0.05) is 24.7 Å². The zero-order chi connectivity index (χ0) is 29.1. The molecule has 1 heterocycles. The van der Waals surface area contributed by atoms with Crippen molar-refractivity contribution in [3.8, 4) is 0 Å². The number of rotatable bonds is 8. The van der Waals surface area contributed by atoms with Gasteiger partial charge in [-0.15, -0.1) is 0 Å². The zero-order valence-corrected chi connectivity index (χ0v) is 25.5. The number of nitrogens with zero attached hydrogens (tertiary/aromatic N) is 1. The molecule has 0 amide bonds. The summed E-state index contributed by atoms with van der Waals surface area (Å²) in [5.74, 6) is 1.30. The molecule has 42 heavy (non-hydrogen) atoms. The molecular formula is C37H41NO3S. The van der Waals surface area contributed by atoms with Gasteiger partial charge in [-0.25, -0.2) is 0 Å². The third-order valence-electron chi connectivity index (χ3n) is 9.29. The first-order valence-corrected chi connectivity index (χ1v) is 16.7. The Kier molecular flexibility index (Phi) is 8.50. The van der Waals surface area contributed by atoms with E-state index >= 15 is 0 Å². The highest BCUT2D eigenvalue weighted by atomic mass is 32.2. The Balaban J connectivity index is 1.09. The first-order valence-electron chi connectivity index (χ1n) is 15.3. The summed E-state index contributed by atoms with van der Waals surface area (Å²) in [5.41, 5.74) is 9.42. The van der Waals surface area contributed by atoms with Crippen LogP contribution < -0.4 is 4.90 Å². The lowest BCUT2D eigenvalue weighted by Gasteiger charge is -2.36. The highest BCUT2D eigenvalue weighted by Crippen LogP contribution is 2.46. The monoisotopic (exact) mass is 579 g/mol. The molecule has 0 radical (unpaired) electrons. The van der Waals surface area contributed by atoms with Crippen LogP contribution in [0.15, 0.2) is 102 Å². The van der Waals surface area contributed by atoms with Crippen LogP contribution in [0.3, 0.4) is 0 Å². The number of benzene rings is 4. The predicted molar refractivity (Wildman–Crippen MR) is 171 cm³/mol. The summed E-state index contributed by atoms with van der Waals surface area (Å²) >= 11 is 0. The summed E-state index contributed by atoms with van der Waals surface area (Å²) in [4.78, 5) is 2.70. The first kappa shape index (κ1) is 28.7. The van der Waals surface area contributed by atoms with Crippen molar-refractivity contribution in [2.75, 3.05) is 24.6 Å². The van der Waals surface area contributed by atoms with Crippen molar-refractivity contribution in [1.82, 2.24) is 0 Å². The number of hydrogen-bond donors (Lipinski definition) is 0. The molecule has 4 aromatic carbocycles. The Labute approximate surface area is 251 Å². The molecule has 5 heteroatoms. The number of aryl methyl sites for hydroxylation is 3. The van der Waals surface area contributed by atoms with E-state index in [-0.39, 0.29) is 11.5 Å². The minimum Gasteiger partial charge on any atom is -0.372 e. The van der Waals surface area contributed by atoms with Gasteiger partial charge in [0.25, 0.3) is 10.1 Å². The molecule has 1 aliphatic heterocycles. The fourth-order valence-corrected chi connectivity index (χ4v) is 7.81. The van der Waals surface area contributed by atoms with Gasteiger partial charge >= 0.3 is 0 Å². The minimum absolute atomic E-state index is 0.230. The van der Waals surface area contributed by atoms with E-state index in [9.17, 15) is 8.42 Å². The first-order chi connectivity index (χ1) is 20.4. The van der Waals surface area contributed by atoms with Crippen molar-refractivity contribution >= 4 is 15.8 Å². The van der Waals surface area contributed by atoms with Crippen molar-refractivity contribution in [3.05, 3.63) is 130 Å². The average Bonchev–Trinajstić information content (AvgIpc) is 3.01. The molecule has 2 aliphatic rings. The van der Waals surface area contributed by atoms with Gasteiger partial charge in [0.2, 0.25) is 0 Å². The van der Waals surface area contributed by atoms with Crippen LogP contribution in [-0.4, -0.2) is 28.1 Å². The van der Waals surface area contributed by atoms with Gasteiger partial charge in [-0.1, -0.05) is 83.9 Å². The van der Waals surface area contributed by atoms with Crippen LogP contribution in [0.1, 0.15) is 70.9 Å². The summed E-state index contributed by atoms with van der Waals surface area (Å²) in [6.07, 6.45) is 5.14. The van der Waals surface area contributed by atoms with E-state index in [1.54, 1.807) is 24.3 Å². The standard InChI is InChI=1S/C37H41NO3S/c1-27-8-16-34(17-9-27)42(39,40)41-25-22-29-20-23-38(24-21-29)33-14-11-31(12-15-33)37-35(30-6-4-3-5-7-30)19-13-32-26-28(2)10-18-36(32)37/h3-12,14-18,26,29,35,37H,13,19-25H2,1-2H3/t35-,37+/m1/s1. The van der Waals surface area contributed by atoms with Crippen LogP contribution in [0.25, 0.3) is 0 Å². The van der Waals surface area contributed by atoms with Crippen molar-refractivity contribution < 1.29 is 12.6 Å². The SMILES string of the molecule is Cc1ccc(S(=O)(=O)OCCC2CCN(c3ccc([C@@H]4c5ccc(C)cc5CC[C@@H]4c4ccccc4)cc3)CC2)cc1. The molecule has 1 fully saturated rings. The number of hydrogen-bond acceptors (Lipinski definition) is 4. The Morgan fingerprint density at radius 1 is 0.762 bits per heavy atom. The summed E-state index contributed by atoms with van der Waals surface area (Å²) in [6, 6.07) is 34.2. The molecule has 0 N–H and O–H groups in total. The molecule has 4 aromatic rings. The molecule has 1 saturated heterocycles. The maximum Gasteiger partial charge on any atom is 0.296 e. The molecule has 2 atom stereocenters. The fourth-order valence-electron chi connectivity index (χ4n) is 6.89. The smallest absolute Gasteiger partial charge is 0.296 e. The normalized spacial score (nSPS) is 19.4. The lowest BCUT2D eigenvalue weighted by Crippen LogP contribution is -2.34. The van der Waals surface area contributed by atoms with E-state index in [1.807, 2.05) is 6.92 Å². The summed E-state index contributed by atoms with van der Waals surface area (Å²) in [5, 5.41) is 0. The van der Waals surface area contributed by atoms with E-state index in [0.717, 1.165) is 50.8 Å². The van der Waals surface area contributed by atoms with E-state index < -0.39 is 10.1 Å². The predicted octanol–water partition coefficient (Wildman–Crippen LogP) is 8.18. The molecule has 0 spiro atoms. The van der Waals surface area contributed by atoms with Gasteiger partial charge in [0.05, 0.1) is 11.5 Å². The molecule has 0 unspecified atom stereocenters. The third kappa shape index (κ3) is 6.33. The quantitative estimate of drug-likeness (QED) is 0.198. The van der Waals surface area contributed by atoms with Gasteiger partial charge < -0.3 is 4.90 Å². The van der Waals surface area contributed by atoms with Crippen LogP contribution in [0.5, 0.6) is 0 Å². The highest BCUT2D eigenvalue weighted by molar-refractivity contribution is 7.86. The van der Waals surface area contributed by atoms with Crippen LogP contribution in [0.4, 0.5) is 5.69 Å². The Bertz CT molecular complexity index is 1590. The Morgan fingerprint density at radius 2 is 1.45 bits per heavy atom.